The van der Waals surface area contributed by atoms with Crippen LogP contribution in [0.3, 0.4) is 0 Å². The summed E-state index contributed by atoms with van der Waals surface area (Å²) in [5, 5.41) is 3.38. The number of rotatable bonds is 4. The van der Waals surface area contributed by atoms with Crippen molar-refractivity contribution in [3.8, 4) is 17.2 Å². The number of carbonyl (C=O) groups is 1. The summed E-state index contributed by atoms with van der Waals surface area (Å²) in [4.78, 5) is 12.3. The van der Waals surface area contributed by atoms with E-state index in [1.807, 2.05) is 0 Å². The van der Waals surface area contributed by atoms with Gasteiger partial charge in [0.05, 0.1) is 26.9 Å². The summed E-state index contributed by atoms with van der Waals surface area (Å²) in [6.45, 7) is 0. The van der Waals surface area contributed by atoms with Crippen molar-refractivity contribution in [1.82, 2.24) is 0 Å². The maximum Gasteiger partial charge on any atom is 0.256 e. The summed E-state index contributed by atoms with van der Waals surface area (Å²) in [5.74, 6) is 1.49. The van der Waals surface area contributed by atoms with Gasteiger partial charge in [0.15, 0.2) is 0 Å². The van der Waals surface area contributed by atoms with E-state index in [1.165, 1.54) is 0 Å². The molecule has 6 heteroatoms. The van der Waals surface area contributed by atoms with Crippen LogP contribution in [0.1, 0.15) is 11.1 Å². The van der Waals surface area contributed by atoms with Crippen molar-refractivity contribution in [2.45, 2.75) is 0 Å². The van der Waals surface area contributed by atoms with Crippen molar-refractivity contribution in [1.29, 1.82) is 0 Å². The van der Waals surface area contributed by atoms with Gasteiger partial charge in [0.25, 0.3) is 5.91 Å². The number of halogens is 1. The topological polar surface area (TPSA) is 56.8 Å². The van der Waals surface area contributed by atoms with Gasteiger partial charge in [-0.1, -0.05) is 11.6 Å². The lowest BCUT2D eigenvalue weighted by Crippen LogP contribution is -2.04. The average molecular weight is 346 g/mol. The number of benzene rings is 2. The van der Waals surface area contributed by atoms with Crippen LogP contribution in [0.2, 0.25) is 5.02 Å². The van der Waals surface area contributed by atoms with Crippen LogP contribution in [-0.2, 0) is 4.79 Å². The number of carbonyl (C=O) groups excluding carboxylic acids is 1. The zero-order chi connectivity index (χ0) is 17.3. The molecular formula is C18H16ClNO4. The third kappa shape index (κ3) is 2.78. The summed E-state index contributed by atoms with van der Waals surface area (Å²) in [6.07, 6.45) is 1.73. The summed E-state index contributed by atoms with van der Waals surface area (Å²) in [6, 6.07) is 8.74. The highest BCUT2D eigenvalue weighted by molar-refractivity contribution is 6.37. The molecule has 0 aliphatic carbocycles. The fraction of sp³-hybridized carbons (Fsp3) is 0.167. The Labute approximate surface area is 144 Å². The van der Waals surface area contributed by atoms with Crippen molar-refractivity contribution < 1.29 is 19.0 Å². The van der Waals surface area contributed by atoms with Crippen LogP contribution in [0.25, 0.3) is 11.6 Å². The number of anilines is 1. The summed E-state index contributed by atoms with van der Waals surface area (Å²) >= 11 is 6.06. The van der Waals surface area contributed by atoms with Gasteiger partial charge in [-0.3, -0.25) is 4.79 Å². The zero-order valence-electron chi connectivity index (χ0n) is 13.5. The highest BCUT2D eigenvalue weighted by Crippen LogP contribution is 2.40. The second-order valence-corrected chi connectivity index (χ2v) is 5.58. The van der Waals surface area contributed by atoms with Gasteiger partial charge in [-0.2, -0.15) is 0 Å². The molecule has 24 heavy (non-hydrogen) atoms. The molecule has 1 aliphatic rings. The lowest BCUT2D eigenvalue weighted by molar-refractivity contribution is -0.110. The summed E-state index contributed by atoms with van der Waals surface area (Å²) < 4.78 is 16.1. The van der Waals surface area contributed by atoms with E-state index >= 15 is 0 Å². The van der Waals surface area contributed by atoms with Gasteiger partial charge in [-0.25, -0.2) is 0 Å². The van der Waals surface area contributed by atoms with Crippen LogP contribution in [0.15, 0.2) is 30.3 Å². The molecule has 2 aromatic carbocycles. The maximum atomic E-state index is 12.3. The van der Waals surface area contributed by atoms with E-state index in [1.54, 1.807) is 57.7 Å². The molecule has 0 bridgehead atoms. The molecule has 0 saturated heterocycles. The quantitative estimate of drug-likeness (QED) is 0.855. The zero-order valence-corrected chi connectivity index (χ0v) is 14.2. The number of ether oxygens (including phenoxy) is 3. The van der Waals surface area contributed by atoms with Gasteiger partial charge in [0.2, 0.25) is 0 Å². The number of nitrogens with one attached hydrogen (secondary N) is 1. The molecule has 3 rings (SSSR count). The molecular weight excluding hydrogens is 330 g/mol. The van der Waals surface area contributed by atoms with Crippen LogP contribution in [0.4, 0.5) is 5.69 Å². The second-order valence-electron chi connectivity index (χ2n) is 5.15. The number of amides is 1. The van der Waals surface area contributed by atoms with E-state index in [-0.39, 0.29) is 5.91 Å². The number of hydrogen-bond donors (Lipinski definition) is 1. The van der Waals surface area contributed by atoms with Gasteiger partial charge in [0, 0.05) is 34.0 Å². The summed E-state index contributed by atoms with van der Waals surface area (Å²) in [7, 11) is 4.67. The minimum atomic E-state index is -0.202. The third-order valence-corrected chi connectivity index (χ3v) is 4.04. The average Bonchev–Trinajstić information content (AvgIpc) is 2.90. The van der Waals surface area contributed by atoms with Crippen molar-refractivity contribution in [3.63, 3.8) is 0 Å². The van der Waals surface area contributed by atoms with Crippen LogP contribution >= 0.6 is 11.6 Å². The number of methoxy groups -OCH3 is 3. The second kappa shape index (κ2) is 6.45. The predicted molar refractivity (Wildman–Crippen MR) is 94.1 cm³/mol. The number of fused-ring (bicyclic) bond motifs is 1. The lowest BCUT2D eigenvalue weighted by Gasteiger charge is -2.13. The fourth-order valence-electron chi connectivity index (χ4n) is 2.62. The molecule has 0 atom stereocenters. The van der Waals surface area contributed by atoms with E-state index in [9.17, 15) is 4.79 Å². The van der Waals surface area contributed by atoms with Crippen LogP contribution < -0.4 is 19.5 Å². The smallest absolute Gasteiger partial charge is 0.256 e. The first-order valence-electron chi connectivity index (χ1n) is 7.20. The summed E-state index contributed by atoms with van der Waals surface area (Å²) in [5.41, 5.74) is 2.61. The van der Waals surface area contributed by atoms with Crippen LogP contribution in [0, 0.1) is 0 Å². The third-order valence-electron chi connectivity index (χ3n) is 3.81. The Morgan fingerprint density at radius 3 is 2.25 bits per heavy atom. The fourth-order valence-corrected chi connectivity index (χ4v) is 2.79. The van der Waals surface area contributed by atoms with Crippen molar-refractivity contribution in [3.05, 3.63) is 46.5 Å². The molecule has 0 spiro atoms. The lowest BCUT2D eigenvalue weighted by atomic mass is 10.0. The molecule has 0 fully saturated rings. The standard InChI is InChI=1S/C18H16ClNO4/c1-22-11-7-16(23-2)14(17(8-11)24-3)9-13-12-6-10(19)4-5-15(12)20-18(13)21/h4-9H,1-3H3,(H,20,21)/b13-9-. The molecule has 124 valence electrons. The van der Waals surface area contributed by atoms with E-state index in [4.69, 9.17) is 25.8 Å². The van der Waals surface area contributed by atoms with Gasteiger partial charge in [0.1, 0.15) is 17.2 Å². The minimum Gasteiger partial charge on any atom is -0.496 e. The molecule has 0 saturated carbocycles. The molecule has 5 nitrogen and oxygen atoms in total. The minimum absolute atomic E-state index is 0.202. The van der Waals surface area contributed by atoms with Gasteiger partial charge in [-0.15, -0.1) is 0 Å². The van der Waals surface area contributed by atoms with Crippen LogP contribution in [0.5, 0.6) is 17.2 Å². The van der Waals surface area contributed by atoms with E-state index in [0.29, 0.717) is 33.4 Å². The van der Waals surface area contributed by atoms with Crippen molar-refractivity contribution >= 4 is 34.8 Å². The first kappa shape index (κ1) is 16.2. The van der Waals surface area contributed by atoms with Crippen LogP contribution in [-0.4, -0.2) is 27.2 Å². The first-order valence-corrected chi connectivity index (χ1v) is 7.58. The molecule has 1 heterocycles. The monoisotopic (exact) mass is 345 g/mol. The Hall–Kier alpha value is -2.66. The van der Waals surface area contributed by atoms with Gasteiger partial charge >= 0.3 is 0 Å². The molecule has 0 radical (unpaired) electrons. The van der Waals surface area contributed by atoms with E-state index in [0.717, 1.165) is 11.3 Å². The normalized spacial score (nSPS) is 14.3. The molecule has 1 aliphatic heterocycles. The number of hydrogen-bond acceptors (Lipinski definition) is 4. The Balaban J connectivity index is 2.19. The Bertz CT molecular complexity index is 820. The van der Waals surface area contributed by atoms with Gasteiger partial charge in [-0.05, 0) is 24.3 Å². The molecule has 1 amide bonds. The largest absolute Gasteiger partial charge is 0.496 e. The highest BCUT2D eigenvalue weighted by Gasteiger charge is 2.25. The van der Waals surface area contributed by atoms with E-state index < -0.39 is 0 Å². The molecule has 2 aromatic rings. The van der Waals surface area contributed by atoms with Crippen molar-refractivity contribution in [2.75, 3.05) is 26.6 Å². The Morgan fingerprint density at radius 1 is 1.00 bits per heavy atom. The maximum absolute atomic E-state index is 12.3. The Kier molecular flexibility index (Phi) is 4.36. The highest BCUT2D eigenvalue weighted by atomic mass is 35.5. The molecule has 0 aromatic heterocycles. The first-order chi connectivity index (χ1) is 11.6. The molecule has 0 unspecified atom stereocenters. The molecule has 1 N–H and O–H groups in total. The Morgan fingerprint density at radius 2 is 1.67 bits per heavy atom. The van der Waals surface area contributed by atoms with E-state index in [2.05, 4.69) is 5.32 Å². The predicted octanol–water partition coefficient (Wildman–Crippen LogP) is 3.86. The van der Waals surface area contributed by atoms with Gasteiger partial charge < -0.3 is 19.5 Å². The van der Waals surface area contributed by atoms with Crippen molar-refractivity contribution in [2.24, 2.45) is 0 Å². The SMILES string of the molecule is COc1cc(OC)c(/C=C2\C(=O)Nc3ccc(Cl)cc32)c(OC)c1.